The summed E-state index contributed by atoms with van der Waals surface area (Å²) in [5.41, 5.74) is 0. The van der Waals surface area contributed by atoms with E-state index in [0.29, 0.717) is 19.3 Å². The molecule has 0 aromatic rings. The summed E-state index contributed by atoms with van der Waals surface area (Å²) in [4.78, 5) is 38.0. The molecule has 6 heteroatoms. The lowest BCUT2D eigenvalue weighted by atomic mass is 10.1. The highest BCUT2D eigenvalue weighted by molar-refractivity contribution is 5.72. The van der Waals surface area contributed by atoms with E-state index < -0.39 is 12.1 Å². The first kappa shape index (κ1) is 61.8. The van der Waals surface area contributed by atoms with Crippen molar-refractivity contribution in [3.8, 4) is 0 Å². The van der Waals surface area contributed by atoms with Crippen LogP contribution in [0.2, 0.25) is 0 Å². The van der Waals surface area contributed by atoms with Crippen molar-refractivity contribution >= 4 is 17.9 Å². The van der Waals surface area contributed by atoms with Crippen LogP contribution in [0.4, 0.5) is 0 Å². The van der Waals surface area contributed by atoms with Crippen molar-refractivity contribution in [3.63, 3.8) is 0 Å². The summed E-state index contributed by atoms with van der Waals surface area (Å²) in [7, 11) is 0. The molecule has 0 heterocycles. The third kappa shape index (κ3) is 50.8. The van der Waals surface area contributed by atoms with E-state index in [1.54, 1.807) is 6.08 Å². The Bertz CT molecular complexity index is 1420. The van der Waals surface area contributed by atoms with Crippen molar-refractivity contribution in [1.29, 1.82) is 0 Å². The number of hydrogen-bond acceptors (Lipinski definition) is 6. The quantitative estimate of drug-likeness (QED) is 0.0262. The predicted molar refractivity (Wildman–Crippen MR) is 283 cm³/mol. The first-order valence-corrected chi connectivity index (χ1v) is 26.5. The predicted octanol–water partition coefficient (Wildman–Crippen LogP) is 17.7. The monoisotopic (exact) mass is 913 g/mol. The summed E-state index contributed by atoms with van der Waals surface area (Å²) >= 11 is 0. The zero-order valence-corrected chi connectivity index (χ0v) is 42.4. The number of hydrogen-bond donors (Lipinski definition) is 0. The fourth-order valence-electron chi connectivity index (χ4n) is 6.80. The SMILES string of the molecule is CC/C=C\C/C=C\C/C=C\C/C=C\C/C=C\CC(=O)OC(COC(=O)CCCCCCC/C=C\CCCCCCC)COC(=O)CCCCCCCC/C=C\C/C=C\C/C=C\C/C=C\CC. The number of allylic oxidation sites excluding steroid dienone is 19. The van der Waals surface area contributed by atoms with Crippen LogP contribution in [0.5, 0.6) is 0 Å². The minimum Gasteiger partial charge on any atom is -0.462 e. The fourth-order valence-corrected chi connectivity index (χ4v) is 6.80. The molecule has 0 rings (SSSR count). The minimum absolute atomic E-state index is 0.0875. The van der Waals surface area contributed by atoms with E-state index in [0.717, 1.165) is 116 Å². The smallest absolute Gasteiger partial charge is 0.310 e. The van der Waals surface area contributed by atoms with E-state index in [1.165, 1.54) is 57.8 Å². The first-order chi connectivity index (χ1) is 32.5. The molecule has 0 saturated heterocycles. The maximum absolute atomic E-state index is 12.8. The zero-order valence-electron chi connectivity index (χ0n) is 42.4. The molecule has 0 radical (unpaired) electrons. The second-order valence-corrected chi connectivity index (χ2v) is 17.0. The van der Waals surface area contributed by atoms with Crippen molar-refractivity contribution in [3.05, 3.63) is 122 Å². The Morgan fingerprint density at radius 3 is 1.02 bits per heavy atom. The van der Waals surface area contributed by atoms with E-state index in [9.17, 15) is 14.4 Å². The van der Waals surface area contributed by atoms with Crippen LogP contribution in [0.25, 0.3) is 0 Å². The van der Waals surface area contributed by atoms with Gasteiger partial charge in [-0.25, -0.2) is 0 Å². The average Bonchev–Trinajstić information content (AvgIpc) is 3.31. The van der Waals surface area contributed by atoms with Gasteiger partial charge in [-0.05, 0) is 109 Å². The van der Waals surface area contributed by atoms with Crippen LogP contribution in [0, 0.1) is 0 Å². The van der Waals surface area contributed by atoms with Gasteiger partial charge in [-0.1, -0.05) is 213 Å². The third-order valence-electron chi connectivity index (χ3n) is 10.7. The summed E-state index contributed by atoms with van der Waals surface area (Å²) in [6.45, 7) is 6.28. The van der Waals surface area contributed by atoms with Crippen LogP contribution < -0.4 is 0 Å². The molecule has 372 valence electrons. The van der Waals surface area contributed by atoms with Gasteiger partial charge in [0.2, 0.25) is 0 Å². The molecule has 0 aliphatic heterocycles. The first-order valence-electron chi connectivity index (χ1n) is 26.5. The number of ether oxygens (including phenoxy) is 3. The molecule has 1 unspecified atom stereocenters. The fraction of sp³-hybridized carbons (Fsp3) is 0.617. The Morgan fingerprint density at radius 1 is 0.333 bits per heavy atom. The van der Waals surface area contributed by atoms with Crippen LogP contribution in [0.15, 0.2) is 122 Å². The van der Waals surface area contributed by atoms with E-state index in [-0.39, 0.29) is 31.6 Å². The van der Waals surface area contributed by atoms with E-state index >= 15 is 0 Å². The van der Waals surface area contributed by atoms with Gasteiger partial charge in [-0.2, -0.15) is 0 Å². The summed E-state index contributed by atoms with van der Waals surface area (Å²) in [6.07, 6.45) is 73.5. The Kier molecular flexibility index (Phi) is 50.0. The van der Waals surface area contributed by atoms with Crippen LogP contribution in [0.1, 0.15) is 220 Å². The van der Waals surface area contributed by atoms with Gasteiger partial charge >= 0.3 is 17.9 Å². The molecular formula is C60H96O6. The number of esters is 3. The molecule has 1 atom stereocenters. The number of carbonyl (C=O) groups excluding carboxylic acids is 3. The summed E-state index contributed by atoms with van der Waals surface area (Å²) in [5.74, 6) is -1.09. The topological polar surface area (TPSA) is 78.9 Å². The van der Waals surface area contributed by atoms with Crippen molar-refractivity contribution in [2.24, 2.45) is 0 Å². The van der Waals surface area contributed by atoms with Gasteiger partial charge in [0.05, 0.1) is 6.42 Å². The van der Waals surface area contributed by atoms with Gasteiger partial charge in [0.25, 0.3) is 0 Å². The van der Waals surface area contributed by atoms with Crippen LogP contribution in [-0.4, -0.2) is 37.2 Å². The largest absolute Gasteiger partial charge is 0.462 e. The summed E-state index contributed by atoms with van der Waals surface area (Å²) < 4.78 is 16.7. The molecule has 0 amide bonds. The standard InChI is InChI=1S/C60H96O6/c1-4-7-10-13-16-19-22-25-28-29-30-31-33-35-38-41-44-47-50-53-59(62)65-56-57(55-64-58(61)52-49-46-43-40-37-34-27-24-21-18-15-12-9-6-3)66-60(63)54-51-48-45-42-39-36-32-26-23-20-17-14-11-8-5-2/h7-8,10-11,16-17,19-20,24-28,30-32,39,42,48,51,57H,4-6,9,12-15,18,21-23,29,33-38,40-41,43-47,49-50,52-56H2,1-3H3/b10-7-,11-8-,19-16-,20-17-,27-24-,28-25-,31-30-,32-26-,42-39-,51-48-. The number of unbranched alkanes of at least 4 members (excludes halogenated alkanes) is 16. The molecule has 0 saturated carbocycles. The molecule has 0 N–H and O–H groups in total. The molecule has 0 aliphatic rings. The Labute approximate surface area is 405 Å². The Hall–Kier alpha value is -4.19. The molecule has 0 fully saturated rings. The molecule has 0 bridgehead atoms. The van der Waals surface area contributed by atoms with E-state index in [4.69, 9.17) is 14.2 Å². The lowest BCUT2D eigenvalue weighted by Gasteiger charge is -2.18. The number of carbonyl (C=O) groups is 3. The maximum atomic E-state index is 12.8. The molecular weight excluding hydrogens is 817 g/mol. The van der Waals surface area contributed by atoms with Crippen molar-refractivity contribution in [2.45, 2.75) is 226 Å². The van der Waals surface area contributed by atoms with Crippen LogP contribution >= 0.6 is 0 Å². The van der Waals surface area contributed by atoms with Crippen molar-refractivity contribution < 1.29 is 28.6 Å². The van der Waals surface area contributed by atoms with Gasteiger partial charge in [-0.3, -0.25) is 14.4 Å². The Morgan fingerprint density at radius 2 is 0.636 bits per heavy atom. The van der Waals surface area contributed by atoms with Gasteiger partial charge in [0, 0.05) is 12.8 Å². The lowest BCUT2D eigenvalue weighted by molar-refractivity contribution is -0.166. The highest BCUT2D eigenvalue weighted by atomic mass is 16.6. The van der Waals surface area contributed by atoms with Gasteiger partial charge in [0.15, 0.2) is 6.10 Å². The highest BCUT2D eigenvalue weighted by Gasteiger charge is 2.19. The van der Waals surface area contributed by atoms with Crippen LogP contribution in [-0.2, 0) is 28.6 Å². The van der Waals surface area contributed by atoms with Gasteiger partial charge < -0.3 is 14.2 Å². The highest BCUT2D eigenvalue weighted by Crippen LogP contribution is 2.13. The van der Waals surface area contributed by atoms with Gasteiger partial charge in [-0.15, -0.1) is 0 Å². The zero-order chi connectivity index (χ0) is 47.9. The average molecular weight is 913 g/mol. The Balaban J connectivity index is 4.54. The van der Waals surface area contributed by atoms with Crippen molar-refractivity contribution in [2.75, 3.05) is 13.2 Å². The normalized spacial score (nSPS) is 13.1. The minimum atomic E-state index is -0.845. The molecule has 0 aromatic carbocycles. The van der Waals surface area contributed by atoms with E-state index in [1.807, 2.05) is 6.08 Å². The van der Waals surface area contributed by atoms with Gasteiger partial charge in [0.1, 0.15) is 13.2 Å². The summed E-state index contributed by atoms with van der Waals surface area (Å²) in [5, 5.41) is 0. The van der Waals surface area contributed by atoms with Crippen molar-refractivity contribution in [1.82, 2.24) is 0 Å². The molecule has 66 heavy (non-hydrogen) atoms. The molecule has 0 aromatic heterocycles. The van der Waals surface area contributed by atoms with E-state index in [2.05, 4.69) is 130 Å². The molecule has 0 spiro atoms. The second-order valence-electron chi connectivity index (χ2n) is 17.0. The lowest BCUT2D eigenvalue weighted by Crippen LogP contribution is -2.30. The number of rotatable bonds is 46. The maximum Gasteiger partial charge on any atom is 0.310 e. The summed E-state index contributed by atoms with van der Waals surface area (Å²) in [6, 6.07) is 0. The van der Waals surface area contributed by atoms with Crippen LogP contribution in [0.3, 0.4) is 0 Å². The third-order valence-corrected chi connectivity index (χ3v) is 10.7. The molecule has 6 nitrogen and oxygen atoms in total. The molecule has 0 aliphatic carbocycles. The second kappa shape index (κ2) is 53.4.